The van der Waals surface area contributed by atoms with Crippen molar-refractivity contribution in [3.63, 3.8) is 0 Å². The first-order chi connectivity index (χ1) is 14.4. The highest BCUT2D eigenvalue weighted by Crippen LogP contribution is 2.25. The largest absolute Gasteiger partial charge is 0.497 e. The molecule has 1 fully saturated rings. The molecule has 160 valence electrons. The van der Waals surface area contributed by atoms with Gasteiger partial charge >= 0.3 is 6.03 Å². The number of methoxy groups -OCH3 is 1. The summed E-state index contributed by atoms with van der Waals surface area (Å²) < 4.78 is 32.2. The molecular formula is C23H26F2N2O3. The van der Waals surface area contributed by atoms with Gasteiger partial charge in [0, 0.05) is 12.6 Å². The predicted molar refractivity (Wildman–Crippen MR) is 109 cm³/mol. The van der Waals surface area contributed by atoms with E-state index in [9.17, 15) is 18.4 Å². The molecule has 1 atom stereocenters. The van der Waals surface area contributed by atoms with E-state index in [1.54, 1.807) is 12.0 Å². The summed E-state index contributed by atoms with van der Waals surface area (Å²) in [5.74, 6) is -0.988. The van der Waals surface area contributed by atoms with Gasteiger partial charge in [0.15, 0.2) is 0 Å². The molecule has 0 aromatic heterocycles. The van der Waals surface area contributed by atoms with Crippen LogP contribution in [0.15, 0.2) is 42.5 Å². The lowest BCUT2D eigenvalue weighted by molar-refractivity contribution is -0.128. The van der Waals surface area contributed by atoms with Crippen molar-refractivity contribution < 1.29 is 23.1 Å². The van der Waals surface area contributed by atoms with Crippen LogP contribution in [0.1, 0.15) is 37.3 Å². The Bertz CT molecular complexity index is 882. The molecule has 1 aliphatic rings. The number of hydrogen-bond donors (Lipinski definition) is 0. The minimum absolute atomic E-state index is 0.137. The van der Waals surface area contributed by atoms with Gasteiger partial charge in [-0.2, -0.15) is 0 Å². The summed E-state index contributed by atoms with van der Waals surface area (Å²) in [7, 11) is 1.62. The Labute approximate surface area is 175 Å². The number of nitrogens with zero attached hydrogens (tertiary/aromatic N) is 2. The molecule has 1 aliphatic heterocycles. The summed E-state index contributed by atoms with van der Waals surface area (Å²) >= 11 is 0. The second kappa shape index (κ2) is 9.69. The first-order valence-corrected chi connectivity index (χ1v) is 10.1. The molecule has 3 amide bonds. The lowest BCUT2D eigenvalue weighted by atomic mass is 10.0. The molecule has 0 bridgehead atoms. The minimum Gasteiger partial charge on any atom is -0.497 e. The highest BCUT2D eigenvalue weighted by molar-refractivity contribution is 6.04. The van der Waals surface area contributed by atoms with Crippen molar-refractivity contribution in [2.75, 3.05) is 13.7 Å². The van der Waals surface area contributed by atoms with Gasteiger partial charge in [0.1, 0.15) is 23.4 Å². The highest BCUT2D eigenvalue weighted by Gasteiger charge is 2.43. The third-order valence-corrected chi connectivity index (χ3v) is 5.23. The number of carbonyl (C=O) groups excluding carboxylic acids is 2. The number of imide groups is 1. The van der Waals surface area contributed by atoms with Gasteiger partial charge in [0.25, 0.3) is 5.91 Å². The molecule has 1 unspecified atom stereocenters. The summed E-state index contributed by atoms with van der Waals surface area (Å²) in [6.07, 6.45) is 2.76. The number of urea groups is 1. The maximum Gasteiger partial charge on any atom is 0.327 e. The number of amides is 3. The van der Waals surface area contributed by atoms with Gasteiger partial charge in [-0.25, -0.2) is 13.6 Å². The van der Waals surface area contributed by atoms with Gasteiger partial charge in [-0.15, -0.1) is 0 Å². The van der Waals surface area contributed by atoms with Crippen LogP contribution in [0.2, 0.25) is 0 Å². The quantitative estimate of drug-likeness (QED) is 0.564. The lowest BCUT2D eigenvalue weighted by Gasteiger charge is -2.21. The van der Waals surface area contributed by atoms with Crippen LogP contribution in [0.25, 0.3) is 0 Å². The Morgan fingerprint density at radius 3 is 2.27 bits per heavy atom. The van der Waals surface area contributed by atoms with Crippen molar-refractivity contribution >= 4 is 11.9 Å². The second-order valence-corrected chi connectivity index (χ2v) is 7.43. The minimum atomic E-state index is -0.731. The summed E-state index contributed by atoms with van der Waals surface area (Å²) in [6.45, 7) is 2.27. The molecular weight excluding hydrogens is 390 g/mol. The number of aryl methyl sites for hydroxylation is 1. The molecule has 3 rings (SSSR count). The van der Waals surface area contributed by atoms with E-state index in [1.165, 1.54) is 0 Å². The van der Waals surface area contributed by atoms with E-state index < -0.39 is 23.7 Å². The molecule has 0 N–H and O–H groups in total. The molecule has 5 nitrogen and oxygen atoms in total. The van der Waals surface area contributed by atoms with Crippen LogP contribution in [-0.2, 0) is 17.8 Å². The Kier molecular flexibility index (Phi) is 7.03. The lowest BCUT2D eigenvalue weighted by Crippen LogP contribution is -2.35. The maximum absolute atomic E-state index is 13.5. The number of benzene rings is 2. The summed E-state index contributed by atoms with van der Waals surface area (Å²) in [6, 6.07) is 9.85. The molecule has 2 aromatic carbocycles. The molecule has 7 heteroatoms. The standard InChI is InChI=1S/C23H26F2N2O3/c1-3-11-26-21(6-4-5-16-7-9-20(30-2)10-8-16)22(28)27(23(26)29)15-17-12-18(24)14-19(25)13-17/h7-10,12-14,21H,3-6,11,15H2,1-2H3. The van der Waals surface area contributed by atoms with E-state index in [4.69, 9.17) is 4.74 Å². The molecule has 0 radical (unpaired) electrons. The Morgan fingerprint density at radius 1 is 1.00 bits per heavy atom. The van der Waals surface area contributed by atoms with Crippen molar-refractivity contribution in [2.24, 2.45) is 0 Å². The first kappa shape index (κ1) is 21.7. The highest BCUT2D eigenvalue weighted by atomic mass is 19.1. The van der Waals surface area contributed by atoms with Crippen LogP contribution >= 0.6 is 0 Å². The number of rotatable bonds is 9. The molecule has 0 saturated carbocycles. The number of hydrogen-bond acceptors (Lipinski definition) is 3. The third-order valence-electron chi connectivity index (χ3n) is 5.23. The zero-order valence-electron chi connectivity index (χ0n) is 17.2. The zero-order chi connectivity index (χ0) is 21.7. The average Bonchev–Trinajstić information content (AvgIpc) is 2.93. The first-order valence-electron chi connectivity index (χ1n) is 10.1. The fourth-order valence-corrected chi connectivity index (χ4v) is 3.79. The Hall–Kier alpha value is -2.96. The molecule has 0 aliphatic carbocycles. The average molecular weight is 416 g/mol. The molecule has 1 heterocycles. The fraction of sp³-hybridized carbons (Fsp3) is 0.391. The van der Waals surface area contributed by atoms with Crippen LogP contribution in [0, 0.1) is 11.6 Å². The van der Waals surface area contributed by atoms with Gasteiger partial charge in [-0.3, -0.25) is 9.69 Å². The van der Waals surface area contributed by atoms with Gasteiger partial charge in [0.2, 0.25) is 0 Å². The SMILES string of the molecule is CCCN1C(=O)N(Cc2cc(F)cc(F)c2)C(=O)C1CCCc1ccc(OC)cc1. The third kappa shape index (κ3) is 4.96. The van der Waals surface area contributed by atoms with Gasteiger partial charge in [-0.05, 0) is 61.1 Å². The van der Waals surface area contributed by atoms with Crippen LogP contribution in [0.5, 0.6) is 5.75 Å². The monoisotopic (exact) mass is 416 g/mol. The van der Waals surface area contributed by atoms with Crippen molar-refractivity contribution in [2.45, 2.75) is 45.2 Å². The number of ether oxygens (including phenoxy) is 1. The summed E-state index contributed by atoms with van der Waals surface area (Å²) in [5, 5.41) is 0. The van der Waals surface area contributed by atoms with E-state index >= 15 is 0 Å². The van der Waals surface area contributed by atoms with Crippen molar-refractivity contribution in [1.29, 1.82) is 0 Å². The van der Waals surface area contributed by atoms with Gasteiger partial charge in [-0.1, -0.05) is 19.1 Å². The van der Waals surface area contributed by atoms with Crippen LogP contribution in [0.4, 0.5) is 13.6 Å². The van der Waals surface area contributed by atoms with E-state index in [0.29, 0.717) is 13.0 Å². The van der Waals surface area contributed by atoms with E-state index in [-0.39, 0.29) is 18.0 Å². The van der Waals surface area contributed by atoms with Crippen molar-refractivity contribution in [1.82, 2.24) is 9.80 Å². The Balaban J connectivity index is 1.67. The molecule has 2 aromatic rings. The van der Waals surface area contributed by atoms with Crippen molar-refractivity contribution in [3.05, 3.63) is 65.2 Å². The fourth-order valence-electron chi connectivity index (χ4n) is 3.79. The zero-order valence-corrected chi connectivity index (χ0v) is 17.2. The second-order valence-electron chi connectivity index (χ2n) is 7.43. The van der Waals surface area contributed by atoms with Crippen LogP contribution in [-0.4, -0.2) is 41.4 Å². The molecule has 30 heavy (non-hydrogen) atoms. The number of carbonyl (C=O) groups is 2. The smallest absolute Gasteiger partial charge is 0.327 e. The van der Waals surface area contributed by atoms with Gasteiger partial charge < -0.3 is 9.64 Å². The van der Waals surface area contributed by atoms with Crippen molar-refractivity contribution in [3.8, 4) is 5.75 Å². The van der Waals surface area contributed by atoms with E-state index in [2.05, 4.69) is 0 Å². The predicted octanol–water partition coefficient (Wildman–Crippen LogP) is 4.54. The van der Waals surface area contributed by atoms with Gasteiger partial charge in [0.05, 0.1) is 13.7 Å². The normalized spacial score (nSPS) is 16.5. The van der Waals surface area contributed by atoms with Crippen LogP contribution < -0.4 is 4.74 Å². The molecule has 0 spiro atoms. The van der Waals surface area contributed by atoms with Crippen LogP contribution in [0.3, 0.4) is 0 Å². The topological polar surface area (TPSA) is 49.9 Å². The van der Waals surface area contributed by atoms with E-state index in [0.717, 1.165) is 53.7 Å². The maximum atomic E-state index is 13.5. The summed E-state index contributed by atoms with van der Waals surface area (Å²) in [5.41, 5.74) is 1.38. The molecule has 1 saturated heterocycles. The van der Waals surface area contributed by atoms with E-state index in [1.807, 2.05) is 31.2 Å². The number of halogens is 2. The Morgan fingerprint density at radius 2 is 1.67 bits per heavy atom. The summed E-state index contributed by atoms with van der Waals surface area (Å²) in [4.78, 5) is 28.5.